The largest absolute Gasteiger partial charge is 0.297 e. The molecule has 1 rings (SSSR count). The molecule has 2 nitrogen and oxygen atoms in total. The van der Waals surface area contributed by atoms with Gasteiger partial charge in [-0.05, 0) is 31.0 Å². The van der Waals surface area contributed by atoms with Gasteiger partial charge in [0.15, 0.2) is 6.29 Å². The lowest BCUT2D eigenvalue weighted by atomic mass is 10.1. The second kappa shape index (κ2) is 3.81. The Morgan fingerprint density at radius 2 is 2.08 bits per heavy atom. The molecule has 0 unspecified atom stereocenters. The minimum atomic E-state index is 0.682. The number of nitrogens with zero attached hydrogens (tertiary/aromatic N) is 1. The van der Waals surface area contributed by atoms with E-state index in [0.29, 0.717) is 6.29 Å². The first kappa shape index (κ1) is 8.65. The summed E-state index contributed by atoms with van der Waals surface area (Å²) in [6, 6.07) is 5.84. The van der Waals surface area contributed by atoms with E-state index in [1.807, 2.05) is 32.0 Å². The van der Waals surface area contributed by atoms with Crippen molar-refractivity contribution < 1.29 is 4.79 Å². The van der Waals surface area contributed by atoms with Gasteiger partial charge in [-0.2, -0.15) is 0 Å². The quantitative estimate of drug-likeness (QED) is 0.483. The van der Waals surface area contributed by atoms with E-state index >= 15 is 0 Å². The zero-order valence-electron chi connectivity index (χ0n) is 7.24. The fraction of sp³-hybridized carbons (Fsp3) is 0.200. The average molecular weight is 161 g/mol. The molecule has 12 heavy (non-hydrogen) atoms. The van der Waals surface area contributed by atoms with Gasteiger partial charge in [0.2, 0.25) is 0 Å². The summed E-state index contributed by atoms with van der Waals surface area (Å²) in [6.45, 7) is 4.02. The number of aldehydes is 1. The molecule has 1 aromatic rings. The molecule has 62 valence electrons. The molecule has 0 aliphatic rings. The summed E-state index contributed by atoms with van der Waals surface area (Å²) in [4.78, 5) is 14.0. The van der Waals surface area contributed by atoms with Crippen LogP contribution < -0.4 is 0 Å². The number of rotatable bonds is 2. The summed E-state index contributed by atoms with van der Waals surface area (Å²) in [6.07, 6.45) is 1.95. The number of carbonyl (C=O) groups excluding carboxylic acids is 1. The van der Waals surface area contributed by atoms with Crippen molar-refractivity contribution in [1.29, 1.82) is 0 Å². The third-order valence-corrected chi connectivity index (χ3v) is 1.85. The lowest BCUT2D eigenvalue weighted by molar-refractivity contribution is -0.102. The zero-order chi connectivity index (χ0) is 8.97. The minimum absolute atomic E-state index is 0.682. The fourth-order valence-electron chi connectivity index (χ4n) is 0.986. The maximum atomic E-state index is 10.0. The predicted octanol–water partition coefficient (Wildman–Crippen LogP) is 2.20. The Hall–Kier alpha value is -1.44. The Balaban J connectivity index is 3.07. The van der Waals surface area contributed by atoms with Crippen molar-refractivity contribution in [3.8, 4) is 0 Å². The summed E-state index contributed by atoms with van der Waals surface area (Å²) in [7, 11) is 0. The van der Waals surface area contributed by atoms with Crippen LogP contribution >= 0.6 is 0 Å². The Labute approximate surface area is 71.9 Å². The molecule has 0 atom stereocenters. The molecule has 0 N–H and O–H groups in total. The maximum Gasteiger partial charge on any atom is 0.161 e. The van der Waals surface area contributed by atoms with Crippen LogP contribution in [0.3, 0.4) is 0 Å². The van der Waals surface area contributed by atoms with Gasteiger partial charge in [0.25, 0.3) is 0 Å². The van der Waals surface area contributed by atoms with Crippen LogP contribution in [0.5, 0.6) is 0 Å². The topological polar surface area (TPSA) is 29.4 Å². The van der Waals surface area contributed by atoms with Crippen LogP contribution in [0.25, 0.3) is 0 Å². The Morgan fingerprint density at radius 3 is 2.75 bits per heavy atom. The second-order valence-corrected chi connectivity index (χ2v) is 2.63. The molecular weight excluding hydrogens is 150 g/mol. The molecule has 0 saturated carbocycles. The SMILES string of the molecule is Cc1cccc(N=CC=O)c1C. The maximum absolute atomic E-state index is 10.0. The van der Waals surface area contributed by atoms with Crippen LogP contribution in [-0.4, -0.2) is 12.5 Å². The van der Waals surface area contributed by atoms with Crippen LogP contribution in [-0.2, 0) is 4.79 Å². The van der Waals surface area contributed by atoms with Gasteiger partial charge in [-0.25, -0.2) is 0 Å². The molecule has 1 aromatic carbocycles. The van der Waals surface area contributed by atoms with E-state index in [-0.39, 0.29) is 0 Å². The van der Waals surface area contributed by atoms with Gasteiger partial charge < -0.3 is 0 Å². The number of carbonyl (C=O) groups is 1. The summed E-state index contributed by atoms with van der Waals surface area (Å²) >= 11 is 0. The highest BCUT2D eigenvalue weighted by molar-refractivity contribution is 6.13. The predicted molar refractivity (Wildman–Crippen MR) is 50.1 cm³/mol. The van der Waals surface area contributed by atoms with Crippen molar-refractivity contribution in [3.05, 3.63) is 29.3 Å². The second-order valence-electron chi connectivity index (χ2n) is 2.63. The molecule has 0 aliphatic heterocycles. The number of hydrogen-bond donors (Lipinski definition) is 0. The first-order valence-electron chi connectivity index (χ1n) is 3.79. The third kappa shape index (κ3) is 1.78. The van der Waals surface area contributed by atoms with E-state index in [1.165, 1.54) is 11.8 Å². The Bertz CT molecular complexity index is 316. The smallest absolute Gasteiger partial charge is 0.161 e. The van der Waals surface area contributed by atoms with Gasteiger partial charge >= 0.3 is 0 Å². The highest BCUT2D eigenvalue weighted by atomic mass is 16.1. The van der Waals surface area contributed by atoms with Crippen molar-refractivity contribution in [2.24, 2.45) is 4.99 Å². The van der Waals surface area contributed by atoms with Crippen LogP contribution in [0.2, 0.25) is 0 Å². The van der Waals surface area contributed by atoms with Crippen molar-refractivity contribution in [2.75, 3.05) is 0 Å². The zero-order valence-corrected chi connectivity index (χ0v) is 7.24. The summed E-state index contributed by atoms with van der Waals surface area (Å²) in [5.74, 6) is 0. The van der Waals surface area contributed by atoms with Gasteiger partial charge in [0, 0.05) is 0 Å². The molecule has 0 aliphatic carbocycles. The number of benzene rings is 1. The van der Waals surface area contributed by atoms with Crippen molar-refractivity contribution in [3.63, 3.8) is 0 Å². The molecule has 0 heterocycles. The molecule has 0 amide bonds. The number of aliphatic imine (C=N–C) groups is 1. The molecule has 0 fully saturated rings. The monoisotopic (exact) mass is 161 g/mol. The lowest BCUT2D eigenvalue weighted by Crippen LogP contribution is -1.81. The van der Waals surface area contributed by atoms with Crippen molar-refractivity contribution in [2.45, 2.75) is 13.8 Å². The molecule has 0 spiro atoms. The fourth-order valence-corrected chi connectivity index (χ4v) is 0.986. The van der Waals surface area contributed by atoms with Crippen LogP contribution in [0, 0.1) is 13.8 Å². The average Bonchev–Trinajstić information content (AvgIpc) is 2.08. The van der Waals surface area contributed by atoms with Gasteiger partial charge in [-0.3, -0.25) is 9.79 Å². The molecule has 0 bridgehead atoms. The molecule has 0 radical (unpaired) electrons. The van der Waals surface area contributed by atoms with E-state index in [1.54, 1.807) is 0 Å². The normalized spacial score (nSPS) is 10.5. The van der Waals surface area contributed by atoms with E-state index in [0.717, 1.165) is 11.3 Å². The Morgan fingerprint density at radius 1 is 1.33 bits per heavy atom. The van der Waals surface area contributed by atoms with Crippen molar-refractivity contribution in [1.82, 2.24) is 0 Å². The Kier molecular flexibility index (Phi) is 2.75. The number of aryl methyl sites for hydroxylation is 1. The van der Waals surface area contributed by atoms with E-state index in [2.05, 4.69) is 4.99 Å². The molecule has 2 heteroatoms. The minimum Gasteiger partial charge on any atom is -0.297 e. The molecule has 0 aromatic heterocycles. The first-order chi connectivity index (χ1) is 5.75. The van der Waals surface area contributed by atoms with Gasteiger partial charge in [0.1, 0.15) is 0 Å². The number of hydrogen-bond acceptors (Lipinski definition) is 2. The molecule has 0 saturated heterocycles. The van der Waals surface area contributed by atoms with E-state index < -0.39 is 0 Å². The molecular formula is C10H11NO. The first-order valence-corrected chi connectivity index (χ1v) is 3.79. The van der Waals surface area contributed by atoms with Crippen LogP contribution in [0.15, 0.2) is 23.2 Å². The lowest BCUT2D eigenvalue weighted by Gasteiger charge is -2.01. The standard InChI is InChI=1S/C10H11NO/c1-8-4-3-5-10(9(8)2)11-6-7-12/h3-7H,1-2H3. The summed E-state index contributed by atoms with van der Waals surface area (Å²) in [5, 5.41) is 0. The van der Waals surface area contributed by atoms with E-state index in [9.17, 15) is 4.79 Å². The van der Waals surface area contributed by atoms with Crippen LogP contribution in [0.1, 0.15) is 11.1 Å². The third-order valence-electron chi connectivity index (χ3n) is 1.85. The van der Waals surface area contributed by atoms with Crippen LogP contribution in [0.4, 0.5) is 5.69 Å². The van der Waals surface area contributed by atoms with Gasteiger partial charge in [0.05, 0.1) is 11.9 Å². The van der Waals surface area contributed by atoms with E-state index in [4.69, 9.17) is 0 Å². The summed E-state index contributed by atoms with van der Waals surface area (Å²) in [5.41, 5.74) is 3.17. The highest BCUT2D eigenvalue weighted by Gasteiger charge is 1.96. The van der Waals surface area contributed by atoms with Gasteiger partial charge in [-0.15, -0.1) is 0 Å². The summed E-state index contributed by atoms with van der Waals surface area (Å²) < 4.78 is 0. The highest BCUT2D eigenvalue weighted by Crippen LogP contribution is 2.20. The van der Waals surface area contributed by atoms with Gasteiger partial charge in [-0.1, -0.05) is 12.1 Å². The van der Waals surface area contributed by atoms with Crippen molar-refractivity contribution >= 4 is 18.2 Å².